The van der Waals surface area contributed by atoms with Crippen LogP contribution < -0.4 is 5.32 Å². The molecule has 0 aliphatic heterocycles. The van der Waals surface area contributed by atoms with Crippen LogP contribution in [-0.4, -0.2) is 39.7 Å². The number of amides is 2. The topological polar surface area (TPSA) is 95.7 Å². The molecule has 0 heterocycles. The lowest BCUT2D eigenvalue weighted by atomic mass is 10.2. The van der Waals surface area contributed by atoms with Crippen molar-refractivity contribution in [1.29, 1.82) is 0 Å². The van der Waals surface area contributed by atoms with E-state index in [4.69, 9.17) is 0 Å². The van der Waals surface area contributed by atoms with E-state index in [2.05, 4.69) is 5.32 Å². The number of nitrogens with one attached hydrogen (secondary N) is 1. The number of nitrogens with zero attached hydrogens (tertiary/aromatic N) is 2. The van der Waals surface area contributed by atoms with Gasteiger partial charge in [-0.15, -0.1) is 0 Å². The van der Waals surface area contributed by atoms with Gasteiger partial charge < -0.3 is 15.3 Å². The monoisotopic (exact) mass is 295 g/mol. The Bertz CT molecular complexity index is 529. The van der Waals surface area contributed by atoms with Crippen molar-refractivity contribution >= 4 is 17.4 Å². The van der Waals surface area contributed by atoms with E-state index < -0.39 is 17.1 Å². The van der Waals surface area contributed by atoms with Gasteiger partial charge in [-0.2, -0.15) is 0 Å². The van der Waals surface area contributed by atoms with Gasteiger partial charge >= 0.3 is 6.03 Å². The maximum atomic E-state index is 12.3. The highest BCUT2D eigenvalue weighted by Crippen LogP contribution is 2.22. The standard InChI is InChI=1S/C14H21N3O4/c1-9(2)16(8-11(4)18)14(19)15-13-7-12(17(20)21)6-5-10(13)3/h5-7,9,11,18H,8H2,1-4H3,(H,15,19). The van der Waals surface area contributed by atoms with E-state index >= 15 is 0 Å². The summed E-state index contributed by atoms with van der Waals surface area (Å²) in [6, 6.07) is 3.81. The molecule has 1 aromatic rings. The molecule has 1 atom stereocenters. The minimum atomic E-state index is -0.649. The fourth-order valence-electron chi connectivity index (χ4n) is 1.86. The highest BCUT2D eigenvalue weighted by molar-refractivity contribution is 5.90. The number of nitro groups is 1. The minimum Gasteiger partial charge on any atom is -0.392 e. The number of nitro benzene ring substituents is 1. The number of carbonyl (C=O) groups excluding carboxylic acids is 1. The molecule has 0 bridgehead atoms. The largest absolute Gasteiger partial charge is 0.392 e. The Morgan fingerprint density at radius 1 is 1.43 bits per heavy atom. The van der Waals surface area contributed by atoms with Gasteiger partial charge in [0.05, 0.1) is 16.7 Å². The molecule has 1 aromatic carbocycles. The Hall–Kier alpha value is -2.15. The van der Waals surface area contributed by atoms with Crippen molar-refractivity contribution in [3.05, 3.63) is 33.9 Å². The van der Waals surface area contributed by atoms with Crippen molar-refractivity contribution in [1.82, 2.24) is 4.90 Å². The average molecular weight is 295 g/mol. The van der Waals surface area contributed by atoms with Crippen molar-refractivity contribution < 1.29 is 14.8 Å². The SMILES string of the molecule is Cc1ccc([N+](=O)[O-])cc1NC(=O)N(CC(C)O)C(C)C. The molecule has 0 aromatic heterocycles. The van der Waals surface area contributed by atoms with Crippen molar-refractivity contribution in [3.8, 4) is 0 Å². The highest BCUT2D eigenvalue weighted by Gasteiger charge is 2.20. The number of urea groups is 1. The molecule has 0 aliphatic rings. The zero-order valence-electron chi connectivity index (χ0n) is 12.7. The first kappa shape index (κ1) is 16.9. The maximum Gasteiger partial charge on any atom is 0.322 e. The number of hydrogen-bond donors (Lipinski definition) is 2. The Balaban J connectivity index is 2.95. The third-order valence-electron chi connectivity index (χ3n) is 3.02. The van der Waals surface area contributed by atoms with Gasteiger partial charge in [-0.3, -0.25) is 10.1 Å². The number of aryl methyl sites for hydroxylation is 1. The van der Waals surface area contributed by atoms with Gasteiger partial charge in [0.1, 0.15) is 0 Å². The molecule has 21 heavy (non-hydrogen) atoms. The van der Waals surface area contributed by atoms with Crippen LogP contribution in [0.5, 0.6) is 0 Å². The van der Waals surface area contributed by atoms with Crippen LogP contribution in [0.15, 0.2) is 18.2 Å². The van der Waals surface area contributed by atoms with E-state index in [0.29, 0.717) is 5.69 Å². The molecule has 2 N–H and O–H groups in total. The van der Waals surface area contributed by atoms with E-state index in [1.165, 1.54) is 17.0 Å². The number of hydrogen-bond acceptors (Lipinski definition) is 4. The van der Waals surface area contributed by atoms with Crippen molar-refractivity contribution in [2.45, 2.75) is 39.8 Å². The number of non-ortho nitro benzene ring substituents is 1. The van der Waals surface area contributed by atoms with Gasteiger partial charge in [-0.1, -0.05) is 6.07 Å². The number of rotatable bonds is 5. The van der Waals surface area contributed by atoms with Crippen LogP contribution in [0.1, 0.15) is 26.3 Å². The molecule has 1 rings (SSSR count). The summed E-state index contributed by atoms with van der Waals surface area (Å²) in [7, 11) is 0. The zero-order valence-corrected chi connectivity index (χ0v) is 12.7. The minimum absolute atomic E-state index is 0.0810. The summed E-state index contributed by atoms with van der Waals surface area (Å²) in [4.78, 5) is 24.0. The lowest BCUT2D eigenvalue weighted by Gasteiger charge is -2.28. The average Bonchev–Trinajstić information content (AvgIpc) is 2.37. The van der Waals surface area contributed by atoms with Crippen molar-refractivity contribution in [2.24, 2.45) is 0 Å². The van der Waals surface area contributed by atoms with Gasteiger partial charge in [-0.05, 0) is 33.3 Å². The molecule has 7 heteroatoms. The predicted molar refractivity (Wildman–Crippen MR) is 80.4 cm³/mol. The third kappa shape index (κ3) is 4.71. The van der Waals surface area contributed by atoms with E-state index in [9.17, 15) is 20.0 Å². The second-order valence-electron chi connectivity index (χ2n) is 5.28. The van der Waals surface area contributed by atoms with Crippen molar-refractivity contribution in [2.75, 3.05) is 11.9 Å². The quantitative estimate of drug-likeness (QED) is 0.644. The first-order valence-electron chi connectivity index (χ1n) is 6.73. The molecule has 0 saturated heterocycles. The second-order valence-corrected chi connectivity index (χ2v) is 5.28. The maximum absolute atomic E-state index is 12.3. The highest BCUT2D eigenvalue weighted by atomic mass is 16.6. The van der Waals surface area contributed by atoms with Crippen LogP contribution in [0.25, 0.3) is 0 Å². The Labute approximate surface area is 123 Å². The van der Waals surface area contributed by atoms with Gasteiger partial charge in [0, 0.05) is 24.7 Å². The first-order valence-corrected chi connectivity index (χ1v) is 6.73. The van der Waals surface area contributed by atoms with Crippen LogP contribution in [0, 0.1) is 17.0 Å². The molecular weight excluding hydrogens is 274 g/mol. The number of benzene rings is 1. The molecule has 0 radical (unpaired) electrons. The lowest BCUT2D eigenvalue weighted by Crippen LogP contribution is -2.43. The Kier molecular flexibility index (Phi) is 5.66. The van der Waals surface area contributed by atoms with Gasteiger partial charge in [0.25, 0.3) is 5.69 Å². The number of aliphatic hydroxyl groups is 1. The van der Waals surface area contributed by atoms with Gasteiger partial charge in [0.2, 0.25) is 0 Å². The Morgan fingerprint density at radius 2 is 2.05 bits per heavy atom. The summed E-state index contributed by atoms with van der Waals surface area (Å²) in [5.74, 6) is 0. The van der Waals surface area contributed by atoms with E-state index in [1.54, 1.807) is 19.9 Å². The fraction of sp³-hybridized carbons (Fsp3) is 0.500. The number of anilines is 1. The Morgan fingerprint density at radius 3 is 2.52 bits per heavy atom. The van der Waals surface area contributed by atoms with Crippen LogP contribution >= 0.6 is 0 Å². The molecule has 7 nitrogen and oxygen atoms in total. The summed E-state index contributed by atoms with van der Waals surface area (Å²) in [5.41, 5.74) is 1.04. The predicted octanol–water partition coefficient (Wildman–Crippen LogP) is 2.53. The molecule has 116 valence electrons. The summed E-state index contributed by atoms with van der Waals surface area (Å²) >= 11 is 0. The molecule has 0 fully saturated rings. The summed E-state index contributed by atoms with van der Waals surface area (Å²) in [6.45, 7) is 7.22. The fourth-order valence-corrected chi connectivity index (χ4v) is 1.86. The van der Waals surface area contributed by atoms with Gasteiger partial charge in [0.15, 0.2) is 0 Å². The molecule has 0 spiro atoms. The second kappa shape index (κ2) is 7.03. The zero-order chi connectivity index (χ0) is 16.2. The molecular formula is C14H21N3O4. The summed E-state index contributed by atoms with van der Waals surface area (Å²) in [6.07, 6.45) is -0.649. The smallest absolute Gasteiger partial charge is 0.322 e. The van der Waals surface area contributed by atoms with Crippen LogP contribution in [0.2, 0.25) is 0 Å². The van der Waals surface area contributed by atoms with Crippen LogP contribution in [0.4, 0.5) is 16.2 Å². The molecule has 0 aliphatic carbocycles. The lowest BCUT2D eigenvalue weighted by molar-refractivity contribution is -0.384. The van der Waals surface area contributed by atoms with E-state index in [1.807, 2.05) is 13.8 Å². The first-order chi connectivity index (χ1) is 9.72. The van der Waals surface area contributed by atoms with Crippen LogP contribution in [-0.2, 0) is 0 Å². The summed E-state index contributed by atoms with van der Waals surface area (Å²) < 4.78 is 0. The molecule has 1 unspecified atom stereocenters. The number of aliphatic hydroxyl groups excluding tert-OH is 1. The van der Waals surface area contributed by atoms with E-state index in [0.717, 1.165) is 5.56 Å². The third-order valence-corrected chi connectivity index (χ3v) is 3.02. The normalized spacial score (nSPS) is 12.1. The van der Waals surface area contributed by atoms with E-state index in [-0.39, 0.29) is 18.3 Å². The molecule has 0 saturated carbocycles. The molecule has 2 amide bonds. The van der Waals surface area contributed by atoms with Crippen molar-refractivity contribution in [3.63, 3.8) is 0 Å². The summed E-state index contributed by atoms with van der Waals surface area (Å²) in [5, 5.41) is 22.9. The number of carbonyl (C=O) groups is 1. The van der Waals surface area contributed by atoms with Gasteiger partial charge in [-0.25, -0.2) is 4.79 Å². The van der Waals surface area contributed by atoms with Crippen LogP contribution in [0.3, 0.4) is 0 Å².